The molecule has 0 radical (unpaired) electrons. The molecule has 6 nitrogen and oxygen atoms in total. The number of amides is 1. The summed E-state index contributed by atoms with van der Waals surface area (Å²) in [6.07, 6.45) is 3.99. The molecule has 1 saturated heterocycles. The largest absolute Gasteiger partial charge is 0.490 e. The molecule has 1 heterocycles. The molecule has 1 aliphatic heterocycles. The van der Waals surface area contributed by atoms with Gasteiger partial charge >= 0.3 is 12.1 Å². The maximum atomic E-state index is 12.2. The standard InChI is InChI=1S/C21H29NO5/c1-20(2,3)27-19(24)22-11-9-21(10-12-22)13-17(14-21)26-16-7-5-15(6-8-16)18(23)25-4/h5-8,17H,9-14H2,1-4H3. The highest BCUT2D eigenvalue weighted by Crippen LogP contribution is 2.50. The van der Waals surface area contributed by atoms with Crippen LogP contribution in [0.15, 0.2) is 24.3 Å². The molecule has 0 unspecified atom stereocenters. The third kappa shape index (κ3) is 4.73. The molecule has 2 aliphatic rings. The minimum atomic E-state index is -0.453. The summed E-state index contributed by atoms with van der Waals surface area (Å²) in [7, 11) is 1.37. The van der Waals surface area contributed by atoms with Gasteiger partial charge < -0.3 is 19.1 Å². The van der Waals surface area contributed by atoms with E-state index in [4.69, 9.17) is 14.2 Å². The predicted molar refractivity (Wildman–Crippen MR) is 101 cm³/mol. The van der Waals surface area contributed by atoms with E-state index in [2.05, 4.69) is 0 Å². The lowest BCUT2D eigenvalue weighted by atomic mass is 9.61. The number of nitrogens with zero attached hydrogens (tertiary/aromatic N) is 1. The van der Waals surface area contributed by atoms with Crippen molar-refractivity contribution in [3.8, 4) is 5.75 Å². The molecule has 1 spiro atoms. The number of piperidine rings is 1. The summed E-state index contributed by atoms with van der Waals surface area (Å²) in [5.41, 5.74) is 0.352. The normalized spacial score (nSPS) is 19.3. The summed E-state index contributed by atoms with van der Waals surface area (Å²) >= 11 is 0. The summed E-state index contributed by atoms with van der Waals surface area (Å²) in [5.74, 6) is 0.426. The molecular weight excluding hydrogens is 346 g/mol. The number of carbonyl (C=O) groups is 2. The average Bonchev–Trinajstić information content (AvgIpc) is 2.59. The Kier molecular flexibility index (Phi) is 5.36. The zero-order chi connectivity index (χ0) is 19.7. The first-order valence-electron chi connectivity index (χ1n) is 9.53. The van der Waals surface area contributed by atoms with Gasteiger partial charge in [-0.2, -0.15) is 0 Å². The summed E-state index contributed by atoms with van der Waals surface area (Å²) in [6, 6.07) is 7.05. The van der Waals surface area contributed by atoms with E-state index in [1.54, 1.807) is 12.1 Å². The molecule has 0 aromatic heterocycles. The lowest BCUT2D eigenvalue weighted by molar-refractivity contribution is -0.0583. The van der Waals surface area contributed by atoms with Crippen LogP contribution in [0.5, 0.6) is 5.75 Å². The Morgan fingerprint density at radius 2 is 1.67 bits per heavy atom. The van der Waals surface area contributed by atoms with E-state index in [1.165, 1.54) is 7.11 Å². The van der Waals surface area contributed by atoms with Crippen molar-refractivity contribution in [1.82, 2.24) is 4.90 Å². The van der Waals surface area contributed by atoms with E-state index >= 15 is 0 Å². The lowest BCUT2D eigenvalue weighted by Crippen LogP contribution is -2.52. The van der Waals surface area contributed by atoms with E-state index in [0.29, 0.717) is 5.56 Å². The smallest absolute Gasteiger partial charge is 0.410 e. The van der Waals surface area contributed by atoms with Gasteiger partial charge in [0.1, 0.15) is 11.4 Å². The van der Waals surface area contributed by atoms with E-state index < -0.39 is 5.60 Å². The van der Waals surface area contributed by atoms with Gasteiger partial charge in [0.05, 0.1) is 18.8 Å². The number of benzene rings is 1. The molecule has 1 saturated carbocycles. The number of hydrogen-bond acceptors (Lipinski definition) is 5. The summed E-state index contributed by atoms with van der Waals surface area (Å²) in [5, 5.41) is 0. The van der Waals surface area contributed by atoms with Crippen molar-refractivity contribution < 1.29 is 23.8 Å². The number of hydrogen-bond donors (Lipinski definition) is 0. The van der Waals surface area contributed by atoms with Gasteiger partial charge in [-0.3, -0.25) is 0 Å². The van der Waals surface area contributed by atoms with Crippen molar-refractivity contribution >= 4 is 12.1 Å². The van der Waals surface area contributed by atoms with Gasteiger partial charge in [0, 0.05) is 13.1 Å². The fraction of sp³-hybridized carbons (Fsp3) is 0.619. The summed E-state index contributed by atoms with van der Waals surface area (Å²) < 4.78 is 16.2. The second-order valence-corrected chi connectivity index (χ2v) is 8.63. The van der Waals surface area contributed by atoms with Crippen LogP contribution in [-0.4, -0.2) is 48.9 Å². The number of likely N-dealkylation sites (tertiary alicyclic amines) is 1. The van der Waals surface area contributed by atoms with Gasteiger partial charge in [-0.25, -0.2) is 9.59 Å². The Hall–Kier alpha value is -2.24. The van der Waals surface area contributed by atoms with Crippen molar-refractivity contribution in [1.29, 1.82) is 0 Å². The predicted octanol–water partition coefficient (Wildman–Crippen LogP) is 4.03. The van der Waals surface area contributed by atoms with Crippen LogP contribution in [0.1, 0.15) is 56.8 Å². The number of rotatable bonds is 3. The van der Waals surface area contributed by atoms with Gasteiger partial charge in [-0.1, -0.05) is 0 Å². The molecular formula is C21H29NO5. The lowest BCUT2D eigenvalue weighted by Gasteiger charge is -2.51. The van der Waals surface area contributed by atoms with Crippen LogP contribution in [-0.2, 0) is 9.47 Å². The molecule has 3 rings (SSSR count). The third-order valence-corrected chi connectivity index (χ3v) is 5.38. The number of ether oxygens (including phenoxy) is 3. The van der Waals surface area contributed by atoms with Crippen molar-refractivity contribution in [2.45, 2.75) is 58.2 Å². The van der Waals surface area contributed by atoms with Gasteiger partial charge in [-0.05, 0) is 76.1 Å². The molecule has 1 aliphatic carbocycles. The molecule has 0 N–H and O–H groups in total. The Morgan fingerprint density at radius 1 is 1.07 bits per heavy atom. The van der Waals surface area contributed by atoms with E-state index in [0.717, 1.165) is 44.5 Å². The fourth-order valence-corrected chi connectivity index (χ4v) is 3.87. The number of methoxy groups -OCH3 is 1. The third-order valence-electron chi connectivity index (χ3n) is 5.38. The van der Waals surface area contributed by atoms with Crippen LogP contribution < -0.4 is 4.74 Å². The van der Waals surface area contributed by atoms with E-state index in [9.17, 15) is 9.59 Å². The van der Waals surface area contributed by atoms with Crippen LogP contribution in [0.2, 0.25) is 0 Å². The summed E-state index contributed by atoms with van der Waals surface area (Å²) in [6.45, 7) is 7.16. The Labute approximate surface area is 160 Å². The second-order valence-electron chi connectivity index (χ2n) is 8.63. The Balaban J connectivity index is 1.45. The van der Waals surface area contributed by atoms with Crippen LogP contribution in [0, 0.1) is 5.41 Å². The zero-order valence-corrected chi connectivity index (χ0v) is 16.6. The molecule has 2 fully saturated rings. The Bertz CT molecular complexity index is 676. The van der Waals surface area contributed by atoms with Gasteiger partial charge in [0.25, 0.3) is 0 Å². The SMILES string of the molecule is COC(=O)c1ccc(OC2CC3(CCN(C(=O)OC(C)(C)C)CC3)C2)cc1. The quantitative estimate of drug-likeness (QED) is 0.746. The fourth-order valence-electron chi connectivity index (χ4n) is 3.87. The molecule has 148 valence electrons. The first-order valence-corrected chi connectivity index (χ1v) is 9.53. The van der Waals surface area contributed by atoms with Crippen LogP contribution in [0.4, 0.5) is 4.79 Å². The van der Waals surface area contributed by atoms with Gasteiger partial charge in [0.2, 0.25) is 0 Å². The number of carbonyl (C=O) groups excluding carboxylic acids is 2. The van der Waals surface area contributed by atoms with Crippen LogP contribution in [0.3, 0.4) is 0 Å². The van der Waals surface area contributed by atoms with Crippen molar-refractivity contribution in [3.05, 3.63) is 29.8 Å². The minimum absolute atomic E-state index is 0.196. The molecule has 1 amide bonds. The van der Waals surface area contributed by atoms with Gasteiger partial charge in [0.15, 0.2) is 0 Å². The highest BCUT2D eigenvalue weighted by Gasteiger charge is 2.47. The molecule has 0 atom stereocenters. The second kappa shape index (κ2) is 7.41. The van der Waals surface area contributed by atoms with Crippen molar-refractivity contribution in [3.63, 3.8) is 0 Å². The Morgan fingerprint density at radius 3 is 2.19 bits per heavy atom. The first-order chi connectivity index (χ1) is 12.7. The van der Waals surface area contributed by atoms with Crippen LogP contribution >= 0.6 is 0 Å². The maximum absolute atomic E-state index is 12.2. The molecule has 1 aromatic carbocycles. The van der Waals surface area contributed by atoms with Crippen molar-refractivity contribution in [2.75, 3.05) is 20.2 Å². The van der Waals surface area contributed by atoms with E-state index in [1.807, 2.05) is 37.8 Å². The highest BCUT2D eigenvalue weighted by atomic mass is 16.6. The minimum Gasteiger partial charge on any atom is -0.490 e. The monoisotopic (exact) mass is 375 g/mol. The topological polar surface area (TPSA) is 65.1 Å². The molecule has 6 heteroatoms. The molecule has 1 aromatic rings. The highest BCUT2D eigenvalue weighted by molar-refractivity contribution is 5.89. The number of esters is 1. The van der Waals surface area contributed by atoms with Crippen LogP contribution in [0.25, 0.3) is 0 Å². The van der Waals surface area contributed by atoms with Gasteiger partial charge in [-0.15, -0.1) is 0 Å². The molecule has 0 bridgehead atoms. The first kappa shape index (κ1) is 19.5. The average molecular weight is 375 g/mol. The summed E-state index contributed by atoms with van der Waals surface area (Å²) in [4.78, 5) is 25.5. The van der Waals surface area contributed by atoms with E-state index in [-0.39, 0.29) is 23.6 Å². The zero-order valence-electron chi connectivity index (χ0n) is 16.6. The van der Waals surface area contributed by atoms with Crippen molar-refractivity contribution in [2.24, 2.45) is 5.41 Å². The molecule has 27 heavy (non-hydrogen) atoms. The maximum Gasteiger partial charge on any atom is 0.410 e.